The van der Waals surface area contributed by atoms with E-state index in [0.717, 1.165) is 0 Å². The van der Waals surface area contributed by atoms with Crippen molar-refractivity contribution in [1.29, 1.82) is 0 Å². The van der Waals surface area contributed by atoms with Crippen molar-refractivity contribution in [3.05, 3.63) is 12.7 Å². The van der Waals surface area contributed by atoms with Gasteiger partial charge < -0.3 is 14.6 Å². The normalized spacial score (nSPS) is 10.6. The summed E-state index contributed by atoms with van der Waals surface area (Å²) in [6, 6.07) is 0. The van der Waals surface area contributed by atoms with Crippen LogP contribution in [0, 0.1) is 0 Å². The summed E-state index contributed by atoms with van der Waals surface area (Å²) >= 11 is 0. The summed E-state index contributed by atoms with van der Waals surface area (Å²) in [5, 5.41) is 9.79. The zero-order valence-corrected chi connectivity index (χ0v) is 8.99. The van der Waals surface area contributed by atoms with Crippen molar-refractivity contribution in [1.82, 2.24) is 0 Å². The Hall–Kier alpha value is -1.36. The van der Waals surface area contributed by atoms with E-state index in [4.69, 9.17) is 0 Å². The van der Waals surface area contributed by atoms with Gasteiger partial charge in [0.15, 0.2) is 0 Å². The van der Waals surface area contributed by atoms with Crippen LogP contribution >= 0.6 is 0 Å². The third kappa shape index (κ3) is 3.36. The Labute approximate surface area is 88.7 Å². The lowest BCUT2D eigenvalue weighted by Gasteiger charge is -2.21. The summed E-state index contributed by atoms with van der Waals surface area (Å²) in [6.45, 7) is 6.68. The monoisotopic (exact) mass is 216 g/mol. The fraction of sp³-hybridized carbons (Fsp3) is 0.600. The zero-order chi connectivity index (χ0) is 11.9. The molecule has 5 heteroatoms. The molecule has 0 aliphatic carbocycles. The molecule has 0 rings (SSSR count). The molecule has 0 aromatic rings. The molecule has 86 valence electrons. The summed E-state index contributed by atoms with van der Waals surface area (Å²) in [6.07, 6.45) is 1.03. The number of esters is 2. The predicted octanol–water partition coefficient (Wildman–Crippen LogP) is 0.420. The second-order valence-electron chi connectivity index (χ2n) is 2.79. The molecule has 0 amide bonds. The van der Waals surface area contributed by atoms with Gasteiger partial charge in [0.1, 0.15) is 0 Å². The van der Waals surface area contributed by atoms with Crippen LogP contribution in [0.2, 0.25) is 0 Å². The lowest BCUT2D eigenvalue weighted by atomic mass is 10.0. The van der Waals surface area contributed by atoms with E-state index in [2.05, 4.69) is 16.1 Å². The molecular weight excluding hydrogens is 200 g/mol. The quantitative estimate of drug-likeness (QED) is 0.396. The van der Waals surface area contributed by atoms with Crippen LogP contribution in [0.4, 0.5) is 0 Å². The third-order valence-corrected chi connectivity index (χ3v) is 1.67. The second kappa shape index (κ2) is 6.19. The summed E-state index contributed by atoms with van der Waals surface area (Å²) in [5.41, 5.74) is -2.27. The van der Waals surface area contributed by atoms with E-state index in [0.29, 0.717) is 0 Å². The first-order chi connectivity index (χ1) is 7.02. The van der Waals surface area contributed by atoms with Gasteiger partial charge in [-0.3, -0.25) is 0 Å². The van der Waals surface area contributed by atoms with Crippen LogP contribution in [-0.2, 0) is 19.1 Å². The minimum atomic E-state index is -2.27. The average molecular weight is 216 g/mol. The van der Waals surface area contributed by atoms with Gasteiger partial charge in [-0.15, -0.1) is 6.58 Å². The Kier molecular flexibility index (Phi) is 5.62. The first kappa shape index (κ1) is 13.6. The molecule has 15 heavy (non-hydrogen) atoms. The van der Waals surface area contributed by atoms with E-state index in [1.807, 2.05) is 0 Å². The third-order valence-electron chi connectivity index (χ3n) is 1.67. The number of hydrogen-bond acceptors (Lipinski definition) is 5. The highest BCUT2D eigenvalue weighted by Gasteiger charge is 2.46. The topological polar surface area (TPSA) is 72.8 Å². The zero-order valence-electron chi connectivity index (χ0n) is 8.99. The Morgan fingerprint density at radius 1 is 1.27 bits per heavy atom. The molecule has 0 saturated carbocycles. The fourth-order valence-electron chi connectivity index (χ4n) is 0.960. The van der Waals surface area contributed by atoms with Crippen LogP contribution in [0.3, 0.4) is 0 Å². The van der Waals surface area contributed by atoms with Crippen LogP contribution in [0.1, 0.15) is 20.3 Å². The molecule has 0 aliphatic rings. The van der Waals surface area contributed by atoms with Gasteiger partial charge in [-0.05, 0) is 13.8 Å². The van der Waals surface area contributed by atoms with Crippen molar-refractivity contribution < 1.29 is 24.2 Å². The number of hydrogen-bond donors (Lipinski definition) is 1. The molecule has 0 unspecified atom stereocenters. The SMILES string of the molecule is C=CCC(O)(C(=O)OCC)C(=O)OCC. The molecule has 5 nitrogen and oxygen atoms in total. The van der Waals surface area contributed by atoms with Crippen molar-refractivity contribution in [2.24, 2.45) is 0 Å². The van der Waals surface area contributed by atoms with Crippen molar-refractivity contribution in [2.45, 2.75) is 25.9 Å². The Bertz CT molecular complexity index is 228. The summed E-state index contributed by atoms with van der Waals surface area (Å²) in [5.74, 6) is -2.02. The van der Waals surface area contributed by atoms with E-state index >= 15 is 0 Å². The minimum Gasteiger partial charge on any atom is -0.463 e. The molecule has 0 spiro atoms. The Morgan fingerprint density at radius 2 is 1.67 bits per heavy atom. The standard InChI is InChI=1S/C10H16O5/c1-4-7-10(13,8(11)14-5-2)9(12)15-6-3/h4,13H,1,5-7H2,2-3H3. The van der Waals surface area contributed by atoms with E-state index in [1.54, 1.807) is 13.8 Å². The molecule has 0 aliphatic heterocycles. The molecule has 1 N–H and O–H groups in total. The molecule has 0 radical (unpaired) electrons. The molecule has 0 atom stereocenters. The van der Waals surface area contributed by atoms with Gasteiger partial charge in [0.2, 0.25) is 0 Å². The summed E-state index contributed by atoms with van der Waals surface area (Å²) in [4.78, 5) is 22.7. The van der Waals surface area contributed by atoms with Gasteiger partial charge in [-0.25, -0.2) is 9.59 Å². The highest BCUT2D eigenvalue weighted by molar-refractivity contribution is 6.03. The molecule has 0 fully saturated rings. The summed E-state index contributed by atoms with van der Waals surface area (Å²) in [7, 11) is 0. The molecule has 0 aromatic carbocycles. The molecule has 0 heterocycles. The first-order valence-electron chi connectivity index (χ1n) is 4.70. The van der Waals surface area contributed by atoms with Gasteiger partial charge in [0.05, 0.1) is 13.2 Å². The van der Waals surface area contributed by atoms with Gasteiger partial charge in [0.25, 0.3) is 5.60 Å². The number of aliphatic hydroxyl groups is 1. The van der Waals surface area contributed by atoms with E-state index in [-0.39, 0.29) is 19.6 Å². The maximum Gasteiger partial charge on any atom is 0.350 e. The van der Waals surface area contributed by atoms with E-state index in [9.17, 15) is 14.7 Å². The maximum atomic E-state index is 11.4. The van der Waals surface area contributed by atoms with Gasteiger partial charge in [-0.2, -0.15) is 0 Å². The highest BCUT2D eigenvalue weighted by atomic mass is 16.6. The smallest absolute Gasteiger partial charge is 0.350 e. The molecule has 0 aromatic heterocycles. The minimum absolute atomic E-state index is 0.0810. The number of ether oxygens (including phenoxy) is 2. The second-order valence-corrected chi connectivity index (χ2v) is 2.79. The van der Waals surface area contributed by atoms with Crippen LogP contribution < -0.4 is 0 Å². The van der Waals surface area contributed by atoms with Crippen molar-refractivity contribution in [3.63, 3.8) is 0 Å². The van der Waals surface area contributed by atoms with Crippen LogP contribution in [0.5, 0.6) is 0 Å². The van der Waals surface area contributed by atoms with Crippen molar-refractivity contribution >= 4 is 11.9 Å². The lowest BCUT2D eigenvalue weighted by molar-refractivity contribution is -0.182. The summed E-state index contributed by atoms with van der Waals surface area (Å²) < 4.78 is 9.18. The van der Waals surface area contributed by atoms with Crippen molar-refractivity contribution in [2.75, 3.05) is 13.2 Å². The van der Waals surface area contributed by atoms with Crippen LogP contribution in [-0.4, -0.2) is 35.9 Å². The van der Waals surface area contributed by atoms with Gasteiger partial charge in [0, 0.05) is 6.42 Å². The molecule has 0 bridgehead atoms. The van der Waals surface area contributed by atoms with Crippen molar-refractivity contribution in [3.8, 4) is 0 Å². The molecule has 0 saturated heterocycles. The fourth-order valence-corrected chi connectivity index (χ4v) is 0.960. The predicted molar refractivity (Wildman–Crippen MR) is 53.0 cm³/mol. The first-order valence-corrected chi connectivity index (χ1v) is 4.70. The van der Waals surface area contributed by atoms with Crippen LogP contribution in [0.25, 0.3) is 0 Å². The molecular formula is C10H16O5. The Morgan fingerprint density at radius 3 is 1.93 bits per heavy atom. The highest BCUT2D eigenvalue weighted by Crippen LogP contribution is 2.15. The van der Waals surface area contributed by atoms with E-state index < -0.39 is 17.5 Å². The number of rotatable bonds is 6. The average Bonchev–Trinajstić information content (AvgIpc) is 2.18. The number of carbonyl (C=O) groups excluding carboxylic acids is 2. The Balaban J connectivity index is 4.78. The largest absolute Gasteiger partial charge is 0.463 e. The number of carbonyl (C=O) groups is 2. The van der Waals surface area contributed by atoms with Gasteiger partial charge >= 0.3 is 11.9 Å². The van der Waals surface area contributed by atoms with Gasteiger partial charge in [-0.1, -0.05) is 6.08 Å². The van der Waals surface area contributed by atoms with Crippen LogP contribution in [0.15, 0.2) is 12.7 Å². The maximum absolute atomic E-state index is 11.4. The van der Waals surface area contributed by atoms with E-state index in [1.165, 1.54) is 6.08 Å². The lowest BCUT2D eigenvalue weighted by Crippen LogP contribution is -2.48.